The molecule has 0 aliphatic carbocycles. The van der Waals surface area contributed by atoms with Crippen molar-refractivity contribution in [3.05, 3.63) is 55.6 Å². The minimum Gasteiger partial charge on any atom is -0.271 e. The molecule has 3 N–H and O–H groups in total. The molecule has 1 heterocycles. The molecule has 1 unspecified atom stereocenters. The molecule has 17 heavy (non-hydrogen) atoms. The summed E-state index contributed by atoms with van der Waals surface area (Å²) in [5.41, 5.74) is 3.94. The zero-order valence-corrected chi connectivity index (χ0v) is 12.1. The molecule has 2 nitrogen and oxygen atoms in total. The topological polar surface area (TPSA) is 38.0 Å². The molecule has 1 aromatic heterocycles. The maximum Gasteiger partial charge on any atom is 0.0701 e. The number of nitrogens with one attached hydrogen (secondary N) is 1. The number of hydrogen-bond acceptors (Lipinski definition) is 3. The van der Waals surface area contributed by atoms with Crippen LogP contribution >= 0.6 is 38.9 Å². The average molecular weight is 332 g/mol. The summed E-state index contributed by atoms with van der Waals surface area (Å²) in [6.45, 7) is 0. The Morgan fingerprint density at radius 3 is 2.76 bits per heavy atom. The molecule has 90 valence electrons. The molecule has 0 radical (unpaired) electrons. The Kier molecular flexibility index (Phi) is 4.59. The monoisotopic (exact) mass is 330 g/mol. The summed E-state index contributed by atoms with van der Waals surface area (Å²) in [7, 11) is 0. The minimum absolute atomic E-state index is 0.0826. The zero-order valence-electron chi connectivity index (χ0n) is 8.99. The van der Waals surface area contributed by atoms with E-state index in [1.54, 1.807) is 11.3 Å². The standard InChI is InChI=1S/C12H12BrClN2S/c13-12-5-4-10(17-12)7-11(16-15)8-2-1-3-9(14)6-8/h1-6,11,16H,7,15H2. The van der Waals surface area contributed by atoms with Crippen LogP contribution in [0, 0.1) is 0 Å². The molecule has 0 fully saturated rings. The van der Waals surface area contributed by atoms with Crippen molar-refractivity contribution in [3.63, 3.8) is 0 Å². The summed E-state index contributed by atoms with van der Waals surface area (Å²) in [5.74, 6) is 5.61. The maximum absolute atomic E-state index is 5.98. The summed E-state index contributed by atoms with van der Waals surface area (Å²) in [6.07, 6.45) is 0.854. The van der Waals surface area contributed by atoms with Gasteiger partial charge >= 0.3 is 0 Å². The van der Waals surface area contributed by atoms with Crippen molar-refractivity contribution in [1.29, 1.82) is 0 Å². The quantitative estimate of drug-likeness (QED) is 0.658. The van der Waals surface area contributed by atoms with Gasteiger partial charge in [0.2, 0.25) is 0 Å². The molecule has 0 bridgehead atoms. The summed E-state index contributed by atoms with van der Waals surface area (Å²) in [5, 5.41) is 0.732. The number of rotatable bonds is 4. The number of benzene rings is 1. The second-order valence-corrected chi connectivity index (χ2v) is 6.67. The van der Waals surface area contributed by atoms with Gasteiger partial charge in [-0.2, -0.15) is 0 Å². The third-order valence-corrected chi connectivity index (χ3v) is 4.37. The maximum atomic E-state index is 5.98. The lowest BCUT2D eigenvalue weighted by molar-refractivity contribution is 0.555. The normalized spacial score (nSPS) is 12.6. The lowest BCUT2D eigenvalue weighted by atomic mass is 10.0. The Morgan fingerprint density at radius 1 is 1.35 bits per heavy atom. The van der Waals surface area contributed by atoms with Gasteiger partial charge in [0.15, 0.2) is 0 Å². The highest BCUT2D eigenvalue weighted by atomic mass is 79.9. The van der Waals surface area contributed by atoms with Crippen LogP contribution in [0.4, 0.5) is 0 Å². The molecule has 5 heteroatoms. The van der Waals surface area contributed by atoms with Crippen molar-refractivity contribution in [3.8, 4) is 0 Å². The SMILES string of the molecule is NNC(Cc1ccc(Br)s1)c1cccc(Cl)c1. The van der Waals surface area contributed by atoms with E-state index in [0.717, 1.165) is 20.8 Å². The van der Waals surface area contributed by atoms with E-state index in [9.17, 15) is 0 Å². The summed E-state index contributed by atoms with van der Waals surface area (Å²) in [4.78, 5) is 1.28. The van der Waals surface area contributed by atoms with Gasteiger partial charge < -0.3 is 0 Å². The van der Waals surface area contributed by atoms with Gasteiger partial charge in [0.1, 0.15) is 0 Å². The van der Waals surface area contributed by atoms with Crippen LogP contribution in [-0.4, -0.2) is 0 Å². The molecule has 0 amide bonds. The molecule has 2 rings (SSSR count). The number of halogens is 2. The van der Waals surface area contributed by atoms with Crippen LogP contribution in [0.2, 0.25) is 5.02 Å². The van der Waals surface area contributed by atoms with Gasteiger partial charge in [-0.1, -0.05) is 23.7 Å². The predicted octanol–water partition coefficient (Wildman–Crippen LogP) is 3.91. The first kappa shape index (κ1) is 13.1. The van der Waals surface area contributed by atoms with E-state index >= 15 is 0 Å². The van der Waals surface area contributed by atoms with Crippen molar-refractivity contribution in [2.45, 2.75) is 12.5 Å². The number of hydrazine groups is 1. The van der Waals surface area contributed by atoms with Crippen LogP contribution in [0.15, 0.2) is 40.2 Å². The third kappa shape index (κ3) is 3.53. The van der Waals surface area contributed by atoms with E-state index in [0.29, 0.717) is 0 Å². The van der Waals surface area contributed by atoms with Crippen molar-refractivity contribution < 1.29 is 0 Å². The van der Waals surface area contributed by atoms with Crippen LogP contribution in [-0.2, 0) is 6.42 Å². The summed E-state index contributed by atoms with van der Waals surface area (Å²) >= 11 is 11.2. The fourth-order valence-corrected chi connectivity index (χ4v) is 3.39. The number of nitrogens with two attached hydrogens (primary N) is 1. The van der Waals surface area contributed by atoms with Gasteiger partial charge in [0, 0.05) is 16.3 Å². The second kappa shape index (κ2) is 5.98. The van der Waals surface area contributed by atoms with Gasteiger partial charge in [-0.3, -0.25) is 11.3 Å². The van der Waals surface area contributed by atoms with E-state index in [2.05, 4.69) is 27.4 Å². The molecular weight excluding hydrogens is 320 g/mol. The lowest BCUT2D eigenvalue weighted by Gasteiger charge is -2.15. The van der Waals surface area contributed by atoms with Gasteiger partial charge in [0.25, 0.3) is 0 Å². The van der Waals surface area contributed by atoms with E-state index < -0.39 is 0 Å². The van der Waals surface area contributed by atoms with Crippen LogP contribution < -0.4 is 11.3 Å². The molecule has 0 aliphatic rings. The van der Waals surface area contributed by atoms with Crippen LogP contribution in [0.3, 0.4) is 0 Å². The van der Waals surface area contributed by atoms with Gasteiger partial charge in [-0.25, -0.2) is 0 Å². The lowest BCUT2D eigenvalue weighted by Crippen LogP contribution is -2.29. The molecule has 2 aromatic rings. The highest BCUT2D eigenvalue weighted by Crippen LogP contribution is 2.27. The first-order valence-corrected chi connectivity index (χ1v) is 7.13. The highest BCUT2D eigenvalue weighted by molar-refractivity contribution is 9.11. The van der Waals surface area contributed by atoms with E-state index in [1.165, 1.54) is 4.88 Å². The van der Waals surface area contributed by atoms with Crippen molar-refractivity contribution in [2.24, 2.45) is 5.84 Å². The van der Waals surface area contributed by atoms with E-state index in [4.69, 9.17) is 17.4 Å². The predicted molar refractivity (Wildman–Crippen MR) is 77.2 cm³/mol. The Labute approximate surface area is 118 Å². The first-order chi connectivity index (χ1) is 8.19. The van der Waals surface area contributed by atoms with E-state index in [-0.39, 0.29) is 6.04 Å². The Hall–Kier alpha value is -0.390. The minimum atomic E-state index is 0.0826. The zero-order chi connectivity index (χ0) is 12.3. The fraction of sp³-hybridized carbons (Fsp3) is 0.167. The summed E-state index contributed by atoms with van der Waals surface area (Å²) in [6, 6.07) is 12.0. The van der Waals surface area contributed by atoms with Crippen LogP contribution in [0.25, 0.3) is 0 Å². The molecule has 0 saturated heterocycles. The molecule has 0 saturated carbocycles. The number of hydrogen-bond donors (Lipinski definition) is 2. The van der Waals surface area contributed by atoms with Gasteiger partial charge in [-0.05, 0) is 45.8 Å². The van der Waals surface area contributed by atoms with Crippen molar-refractivity contribution >= 4 is 38.9 Å². The molecule has 0 aliphatic heterocycles. The summed E-state index contributed by atoms with van der Waals surface area (Å²) < 4.78 is 1.13. The third-order valence-electron chi connectivity index (χ3n) is 2.49. The van der Waals surface area contributed by atoms with E-state index in [1.807, 2.05) is 30.3 Å². The first-order valence-electron chi connectivity index (χ1n) is 5.15. The number of thiophene rings is 1. The molecular formula is C12H12BrClN2S. The van der Waals surface area contributed by atoms with Crippen LogP contribution in [0.5, 0.6) is 0 Å². The van der Waals surface area contributed by atoms with Crippen molar-refractivity contribution in [2.75, 3.05) is 0 Å². The molecule has 0 spiro atoms. The van der Waals surface area contributed by atoms with Gasteiger partial charge in [-0.15, -0.1) is 11.3 Å². The highest BCUT2D eigenvalue weighted by Gasteiger charge is 2.12. The van der Waals surface area contributed by atoms with Crippen LogP contribution in [0.1, 0.15) is 16.5 Å². The second-order valence-electron chi connectivity index (χ2n) is 3.68. The molecule has 1 aromatic carbocycles. The fourth-order valence-electron chi connectivity index (χ4n) is 1.66. The average Bonchev–Trinajstić information content (AvgIpc) is 2.72. The molecule has 1 atom stereocenters. The Balaban J connectivity index is 2.16. The van der Waals surface area contributed by atoms with Gasteiger partial charge in [0.05, 0.1) is 9.83 Å². The smallest absolute Gasteiger partial charge is 0.0701 e. The van der Waals surface area contributed by atoms with Crippen molar-refractivity contribution in [1.82, 2.24) is 5.43 Å². The Morgan fingerprint density at radius 2 is 2.18 bits per heavy atom. The Bertz CT molecular complexity index is 501. The largest absolute Gasteiger partial charge is 0.271 e.